The maximum atomic E-state index is 12.4. The highest BCUT2D eigenvalue weighted by Gasteiger charge is 2.39. The number of methoxy groups -OCH3 is 2. The molecule has 0 aliphatic carbocycles. The third-order valence-electron chi connectivity index (χ3n) is 3.70. The Morgan fingerprint density at radius 3 is 2.48 bits per heavy atom. The van der Waals surface area contributed by atoms with Crippen LogP contribution in [0.5, 0.6) is 11.5 Å². The number of thioether (sulfide) groups is 1. The Balaban J connectivity index is 2.16. The minimum Gasteiger partial charge on any atom is -0.493 e. The van der Waals surface area contributed by atoms with Crippen molar-refractivity contribution in [2.45, 2.75) is 31.4 Å². The Bertz CT molecular complexity index is 608. The van der Waals surface area contributed by atoms with Gasteiger partial charge in [0.15, 0.2) is 11.5 Å². The molecule has 1 atom stereocenters. The fourth-order valence-electron chi connectivity index (χ4n) is 2.40. The Hall–Kier alpha value is -1.40. The number of carbonyl (C=O) groups is 2. The van der Waals surface area contributed by atoms with E-state index in [0.717, 1.165) is 30.2 Å². The average molecular weight is 358 g/mol. The number of unbranched alkanes of at least 4 members (excludes halogenated alkanes) is 1. The fraction of sp³-hybridized carbons (Fsp3) is 0.500. The topological polar surface area (TPSA) is 55.8 Å². The van der Waals surface area contributed by atoms with Gasteiger partial charge in [-0.25, -0.2) is 0 Å². The van der Waals surface area contributed by atoms with E-state index in [1.165, 1.54) is 12.0 Å². The molecule has 0 unspecified atom stereocenters. The number of hydrogen-bond donors (Lipinski definition) is 0. The summed E-state index contributed by atoms with van der Waals surface area (Å²) in [6.07, 6.45) is 2.15. The summed E-state index contributed by atoms with van der Waals surface area (Å²) in [5, 5.41) is -0.115. The van der Waals surface area contributed by atoms with Crippen LogP contribution in [0, 0.1) is 0 Å². The molecule has 1 saturated heterocycles. The first kappa shape index (κ1) is 17.9. The van der Waals surface area contributed by atoms with Gasteiger partial charge in [0, 0.05) is 17.6 Å². The van der Waals surface area contributed by atoms with Gasteiger partial charge >= 0.3 is 0 Å². The largest absolute Gasteiger partial charge is 0.493 e. The Labute approximate surface area is 145 Å². The maximum absolute atomic E-state index is 12.4. The van der Waals surface area contributed by atoms with E-state index >= 15 is 0 Å². The molecule has 5 nitrogen and oxygen atoms in total. The zero-order chi connectivity index (χ0) is 17.0. The molecule has 0 spiro atoms. The van der Waals surface area contributed by atoms with Crippen molar-refractivity contribution in [3.8, 4) is 11.5 Å². The summed E-state index contributed by atoms with van der Waals surface area (Å²) in [6, 6.07) is 3.42. The van der Waals surface area contributed by atoms with Crippen molar-refractivity contribution in [3.63, 3.8) is 0 Å². The number of amides is 2. The quantitative estimate of drug-likeness (QED) is 0.743. The molecule has 1 aliphatic heterocycles. The van der Waals surface area contributed by atoms with Crippen molar-refractivity contribution in [3.05, 3.63) is 22.7 Å². The van der Waals surface area contributed by atoms with Gasteiger partial charge in [-0.2, -0.15) is 0 Å². The van der Waals surface area contributed by atoms with Crippen LogP contribution in [0.25, 0.3) is 0 Å². The van der Waals surface area contributed by atoms with Crippen LogP contribution in [-0.2, 0) is 11.2 Å². The Kier molecular flexibility index (Phi) is 6.18. The molecule has 1 aromatic rings. The molecule has 1 aromatic carbocycles. The van der Waals surface area contributed by atoms with Gasteiger partial charge in [-0.15, -0.1) is 0 Å². The lowest BCUT2D eigenvalue weighted by Crippen LogP contribution is -2.33. The van der Waals surface area contributed by atoms with E-state index in [1.54, 1.807) is 19.2 Å². The molecule has 2 amide bonds. The number of halogens is 1. The van der Waals surface area contributed by atoms with Gasteiger partial charge in [0.2, 0.25) is 5.91 Å². The Morgan fingerprint density at radius 1 is 1.22 bits per heavy atom. The molecule has 0 saturated carbocycles. The molecule has 1 heterocycles. The van der Waals surface area contributed by atoms with E-state index in [4.69, 9.17) is 21.1 Å². The normalized spacial score (nSPS) is 17.7. The molecule has 7 heteroatoms. The number of ether oxygens (including phenoxy) is 2. The van der Waals surface area contributed by atoms with Crippen LogP contribution < -0.4 is 9.47 Å². The van der Waals surface area contributed by atoms with Gasteiger partial charge in [-0.3, -0.25) is 14.5 Å². The lowest BCUT2D eigenvalue weighted by atomic mass is 10.1. The number of imide groups is 1. The third kappa shape index (κ3) is 3.93. The molecule has 0 aromatic heterocycles. The molecule has 0 bridgehead atoms. The zero-order valence-electron chi connectivity index (χ0n) is 13.4. The first-order valence-electron chi connectivity index (χ1n) is 7.44. The summed E-state index contributed by atoms with van der Waals surface area (Å²) in [5.41, 5.74) is 0.764. The van der Waals surface area contributed by atoms with Crippen molar-refractivity contribution in [1.82, 2.24) is 4.90 Å². The van der Waals surface area contributed by atoms with Gasteiger partial charge in [0.1, 0.15) is 0 Å². The first-order valence-corrected chi connectivity index (χ1v) is 8.70. The molecule has 1 aliphatic rings. The number of rotatable bonds is 7. The smallest absolute Gasteiger partial charge is 0.289 e. The molecular formula is C16H20ClNO4S. The summed E-state index contributed by atoms with van der Waals surface area (Å²) < 4.78 is 10.5. The first-order chi connectivity index (χ1) is 11.0. The maximum Gasteiger partial charge on any atom is 0.289 e. The molecule has 0 radical (unpaired) electrons. The van der Waals surface area contributed by atoms with Gasteiger partial charge in [-0.1, -0.05) is 36.7 Å². The SMILES string of the molecule is CCCCN1C(=O)S[C@@H](Cc2cc(OC)c(OC)cc2Cl)C1=O. The van der Waals surface area contributed by atoms with Crippen LogP contribution in [0.15, 0.2) is 12.1 Å². The minimum atomic E-state index is -0.435. The fourth-order valence-corrected chi connectivity index (χ4v) is 3.67. The minimum absolute atomic E-state index is 0.140. The van der Waals surface area contributed by atoms with Crippen molar-refractivity contribution >= 4 is 34.5 Å². The second-order valence-corrected chi connectivity index (χ2v) is 6.78. The number of carbonyl (C=O) groups excluding carboxylic acids is 2. The van der Waals surface area contributed by atoms with Crippen LogP contribution in [0.2, 0.25) is 5.02 Å². The zero-order valence-corrected chi connectivity index (χ0v) is 15.0. The highest BCUT2D eigenvalue weighted by Crippen LogP contribution is 2.36. The van der Waals surface area contributed by atoms with E-state index in [2.05, 4.69) is 0 Å². The summed E-state index contributed by atoms with van der Waals surface area (Å²) in [5.74, 6) is 0.947. The van der Waals surface area contributed by atoms with Crippen molar-refractivity contribution in [1.29, 1.82) is 0 Å². The van der Waals surface area contributed by atoms with Gasteiger partial charge in [-0.05, 0) is 24.5 Å². The lowest BCUT2D eigenvalue weighted by molar-refractivity contribution is -0.126. The van der Waals surface area contributed by atoms with E-state index in [-0.39, 0.29) is 11.1 Å². The number of benzene rings is 1. The Morgan fingerprint density at radius 2 is 1.87 bits per heavy atom. The number of nitrogens with zero attached hydrogens (tertiary/aromatic N) is 1. The van der Waals surface area contributed by atoms with E-state index in [9.17, 15) is 9.59 Å². The van der Waals surface area contributed by atoms with Crippen LogP contribution in [0.1, 0.15) is 25.3 Å². The molecule has 1 fully saturated rings. The summed E-state index contributed by atoms with van der Waals surface area (Å²) in [4.78, 5) is 25.7. The molecule has 2 rings (SSSR count). The average Bonchev–Trinajstić information content (AvgIpc) is 2.80. The molecule has 23 heavy (non-hydrogen) atoms. The standard InChI is InChI=1S/C16H20ClNO4S/c1-4-5-6-18-15(19)14(23-16(18)20)8-10-7-12(21-2)13(22-3)9-11(10)17/h7,9,14H,4-6,8H2,1-3H3/t14-/m0/s1. The molecule has 0 N–H and O–H groups in total. The second-order valence-electron chi connectivity index (χ2n) is 5.22. The predicted molar refractivity (Wildman–Crippen MR) is 91.7 cm³/mol. The van der Waals surface area contributed by atoms with Gasteiger partial charge in [0.25, 0.3) is 5.24 Å². The van der Waals surface area contributed by atoms with Gasteiger partial charge < -0.3 is 9.47 Å². The van der Waals surface area contributed by atoms with Crippen LogP contribution >= 0.6 is 23.4 Å². The van der Waals surface area contributed by atoms with E-state index in [1.807, 2.05) is 6.92 Å². The monoisotopic (exact) mass is 357 g/mol. The van der Waals surface area contributed by atoms with Crippen molar-refractivity contribution in [2.24, 2.45) is 0 Å². The van der Waals surface area contributed by atoms with E-state index in [0.29, 0.717) is 29.5 Å². The number of hydrogen-bond acceptors (Lipinski definition) is 5. The van der Waals surface area contributed by atoms with E-state index < -0.39 is 5.25 Å². The predicted octanol–water partition coefficient (Wildman–Crippen LogP) is 3.76. The summed E-state index contributed by atoms with van der Waals surface area (Å²) in [7, 11) is 3.08. The highest BCUT2D eigenvalue weighted by molar-refractivity contribution is 8.15. The van der Waals surface area contributed by atoms with Crippen molar-refractivity contribution in [2.75, 3.05) is 20.8 Å². The highest BCUT2D eigenvalue weighted by atomic mass is 35.5. The second kappa shape index (κ2) is 7.93. The molecule has 126 valence electrons. The lowest BCUT2D eigenvalue weighted by Gasteiger charge is -2.15. The van der Waals surface area contributed by atoms with Gasteiger partial charge in [0.05, 0.1) is 19.5 Å². The summed E-state index contributed by atoms with van der Waals surface area (Å²) >= 11 is 7.33. The van der Waals surface area contributed by atoms with Crippen LogP contribution in [0.4, 0.5) is 4.79 Å². The van der Waals surface area contributed by atoms with Crippen molar-refractivity contribution < 1.29 is 19.1 Å². The summed E-state index contributed by atoms with van der Waals surface area (Å²) in [6.45, 7) is 2.51. The molecular weight excluding hydrogens is 338 g/mol. The van der Waals surface area contributed by atoms with Crippen LogP contribution in [-0.4, -0.2) is 42.1 Å². The third-order valence-corrected chi connectivity index (χ3v) is 5.12. The van der Waals surface area contributed by atoms with Crippen LogP contribution in [0.3, 0.4) is 0 Å².